The Bertz CT molecular complexity index is 881. The summed E-state index contributed by atoms with van der Waals surface area (Å²) in [7, 11) is 0. The third kappa shape index (κ3) is 3.95. The van der Waals surface area contributed by atoms with Gasteiger partial charge >= 0.3 is 0 Å². The highest BCUT2D eigenvalue weighted by atomic mass is 16.3. The van der Waals surface area contributed by atoms with Gasteiger partial charge in [0.05, 0.1) is 12.1 Å². The van der Waals surface area contributed by atoms with Crippen molar-refractivity contribution in [3.8, 4) is 11.5 Å². The first-order valence-electron chi connectivity index (χ1n) is 9.57. The Morgan fingerprint density at radius 1 is 1.00 bits per heavy atom. The summed E-state index contributed by atoms with van der Waals surface area (Å²) in [6.07, 6.45) is 6.49. The molecule has 0 radical (unpaired) electrons. The van der Waals surface area contributed by atoms with E-state index in [0.29, 0.717) is 18.1 Å². The molecule has 1 saturated carbocycles. The predicted octanol–water partition coefficient (Wildman–Crippen LogP) is 4.51. The average molecular weight is 360 g/mol. The van der Waals surface area contributed by atoms with Crippen molar-refractivity contribution in [2.45, 2.75) is 37.5 Å². The summed E-state index contributed by atoms with van der Waals surface area (Å²) in [5.41, 5.74) is 2.97. The Hall–Kier alpha value is -2.88. The van der Waals surface area contributed by atoms with E-state index >= 15 is 0 Å². The summed E-state index contributed by atoms with van der Waals surface area (Å²) in [6, 6.07) is 20.3. The molecule has 0 spiro atoms. The normalized spacial score (nSPS) is 15.6. The molecule has 0 bridgehead atoms. The molecule has 0 aliphatic heterocycles. The van der Waals surface area contributed by atoms with Gasteiger partial charge in [0.25, 0.3) is 0 Å². The van der Waals surface area contributed by atoms with Crippen LogP contribution in [0.15, 0.2) is 71.3 Å². The largest absolute Gasteiger partial charge is 0.444 e. The minimum Gasteiger partial charge on any atom is -0.444 e. The number of rotatable bonds is 6. The monoisotopic (exact) mass is 360 g/mol. The first kappa shape index (κ1) is 17.5. The number of benzene rings is 2. The van der Waals surface area contributed by atoms with E-state index < -0.39 is 0 Å². The fraction of sp³-hybridized carbons (Fsp3) is 0.304. The lowest BCUT2D eigenvalue weighted by Crippen LogP contribution is -2.39. The maximum Gasteiger partial charge on any atom is 0.226 e. The van der Waals surface area contributed by atoms with Crippen LogP contribution >= 0.6 is 0 Å². The van der Waals surface area contributed by atoms with Gasteiger partial charge in [0, 0.05) is 17.5 Å². The van der Waals surface area contributed by atoms with Crippen LogP contribution in [0.3, 0.4) is 0 Å². The van der Waals surface area contributed by atoms with Crippen molar-refractivity contribution in [3.63, 3.8) is 0 Å². The summed E-state index contributed by atoms with van der Waals surface area (Å²) in [5, 5.41) is 3.14. The van der Waals surface area contributed by atoms with Crippen molar-refractivity contribution in [1.82, 2.24) is 10.3 Å². The molecule has 138 valence electrons. The SMILES string of the molecule is O=C(Cc1coc(-c2ccccc2)n1)NCC1(c2ccccc2)CCCC1. The van der Waals surface area contributed by atoms with Crippen LogP contribution in [0.1, 0.15) is 36.9 Å². The van der Waals surface area contributed by atoms with Crippen molar-refractivity contribution in [1.29, 1.82) is 0 Å². The zero-order valence-corrected chi connectivity index (χ0v) is 15.4. The molecule has 4 heteroatoms. The van der Waals surface area contributed by atoms with E-state index in [0.717, 1.165) is 18.4 Å². The summed E-state index contributed by atoms with van der Waals surface area (Å²) in [5.74, 6) is 0.542. The molecule has 1 heterocycles. The molecule has 27 heavy (non-hydrogen) atoms. The van der Waals surface area contributed by atoms with Crippen LogP contribution in [0.25, 0.3) is 11.5 Å². The van der Waals surface area contributed by atoms with Crippen LogP contribution in [-0.2, 0) is 16.6 Å². The number of oxazole rings is 1. The van der Waals surface area contributed by atoms with E-state index in [4.69, 9.17) is 4.42 Å². The molecule has 0 saturated heterocycles. The molecule has 1 aliphatic carbocycles. The Morgan fingerprint density at radius 2 is 1.67 bits per heavy atom. The van der Waals surface area contributed by atoms with Gasteiger partial charge in [-0.15, -0.1) is 0 Å². The van der Waals surface area contributed by atoms with Crippen LogP contribution in [0, 0.1) is 0 Å². The quantitative estimate of drug-likeness (QED) is 0.703. The molecule has 1 aromatic heterocycles. The third-order valence-corrected chi connectivity index (χ3v) is 5.48. The number of hydrogen-bond donors (Lipinski definition) is 1. The lowest BCUT2D eigenvalue weighted by Gasteiger charge is -2.30. The lowest BCUT2D eigenvalue weighted by molar-refractivity contribution is -0.120. The molecule has 3 aromatic rings. The Labute approximate surface area is 159 Å². The van der Waals surface area contributed by atoms with E-state index in [1.165, 1.54) is 18.4 Å². The minimum atomic E-state index is -0.00915. The second kappa shape index (κ2) is 7.78. The number of hydrogen-bond acceptors (Lipinski definition) is 3. The fourth-order valence-electron chi connectivity index (χ4n) is 4.01. The molecule has 0 atom stereocenters. The molecule has 2 aromatic carbocycles. The predicted molar refractivity (Wildman–Crippen MR) is 105 cm³/mol. The van der Waals surface area contributed by atoms with E-state index in [2.05, 4.69) is 34.6 Å². The highest BCUT2D eigenvalue weighted by Crippen LogP contribution is 2.40. The first-order valence-corrected chi connectivity index (χ1v) is 9.57. The Kier molecular flexibility index (Phi) is 5.05. The van der Waals surface area contributed by atoms with Gasteiger partial charge in [-0.05, 0) is 30.5 Å². The van der Waals surface area contributed by atoms with E-state index in [1.807, 2.05) is 36.4 Å². The van der Waals surface area contributed by atoms with E-state index in [-0.39, 0.29) is 17.7 Å². The van der Waals surface area contributed by atoms with Gasteiger partial charge in [0.1, 0.15) is 6.26 Å². The lowest BCUT2D eigenvalue weighted by atomic mass is 9.79. The van der Waals surface area contributed by atoms with Crippen LogP contribution in [0.2, 0.25) is 0 Å². The molecule has 4 nitrogen and oxygen atoms in total. The van der Waals surface area contributed by atoms with Gasteiger partial charge in [-0.2, -0.15) is 0 Å². The van der Waals surface area contributed by atoms with Crippen molar-refractivity contribution in [3.05, 3.63) is 78.2 Å². The maximum absolute atomic E-state index is 12.5. The number of nitrogens with one attached hydrogen (secondary N) is 1. The number of carbonyl (C=O) groups excluding carboxylic acids is 1. The number of carbonyl (C=O) groups is 1. The first-order chi connectivity index (χ1) is 13.3. The van der Waals surface area contributed by atoms with Gasteiger partial charge in [-0.25, -0.2) is 4.98 Å². The Morgan fingerprint density at radius 3 is 2.37 bits per heavy atom. The molecule has 0 unspecified atom stereocenters. The molecule has 1 fully saturated rings. The van der Waals surface area contributed by atoms with E-state index in [1.54, 1.807) is 6.26 Å². The summed E-state index contributed by atoms with van der Waals surface area (Å²) in [4.78, 5) is 16.9. The van der Waals surface area contributed by atoms with Gasteiger partial charge in [0.15, 0.2) is 0 Å². The molecule has 1 N–H and O–H groups in total. The summed E-state index contributed by atoms with van der Waals surface area (Å²) < 4.78 is 5.53. The van der Waals surface area contributed by atoms with Crippen LogP contribution in [-0.4, -0.2) is 17.4 Å². The number of nitrogens with zero attached hydrogens (tertiary/aromatic N) is 1. The molecule has 1 amide bonds. The Balaban J connectivity index is 1.39. The van der Waals surface area contributed by atoms with Gasteiger partial charge in [-0.1, -0.05) is 61.4 Å². The summed E-state index contributed by atoms with van der Waals surface area (Å²) in [6.45, 7) is 0.680. The van der Waals surface area contributed by atoms with Crippen molar-refractivity contribution in [2.75, 3.05) is 6.54 Å². The molecule has 1 aliphatic rings. The smallest absolute Gasteiger partial charge is 0.226 e. The molecular formula is C23H24N2O2. The third-order valence-electron chi connectivity index (χ3n) is 5.48. The molecule has 4 rings (SSSR count). The van der Waals surface area contributed by atoms with Gasteiger partial charge in [0.2, 0.25) is 11.8 Å². The average Bonchev–Trinajstić information content (AvgIpc) is 3.38. The number of amides is 1. The second-order valence-electron chi connectivity index (χ2n) is 7.32. The second-order valence-corrected chi connectivity index (χ2v) is 7.32. The highest BCUT2D eigenvalue weighted by Gasteiger charge is 2.35. The van der Waals surface area contributed by atoms with Crippen molar-refractivity contribution in [2.24, 2.45) is 0 Å². The topological polar surface area (TPSA) is 55.1 Å². The fourth-order valence-corrected chi connectivity index (χ4v) is 4.01. The van der Waals surface area contributed by atoms with Crippen LogP contribution in [0.5, 0.6) is 0 Å². The zero-order chi connectivity index (χ0) is 18.5. The standard InChI is InChI=1S/C23H24N2O2/c26-21(15-20-16-27-22(25-20)18-9-3-1-4-10-18)24-17-23(13-7-8-14-23)19-11-5-2-6-12-19/h1-6,9-12,16H,7-8,13-15,17H2,(H,24,26). The van der Waals surface area contributed by atoms with Crippen LogP contribution in [0.4, 0.5) is 0 Å². The van der Waals surface area contributed by atoms with Gasteiger partial charge in [-0.3, -0.25) is 4.79 Å². The van der Waals surface area contributed by atoms with Crippen LogP contribution < -0.4 is 5.32 Å². The summed E-state index contributed by atoms with van der Waals surface area (Å²) >= 11 is 0. The van der Waals surface area contributed by atoms with Crippen molar-refractivity contribution >= 4 is 5.91 Å². The highest BCUT2D eigenvalue weighted by molar-refractivity contribution is 5.78. The van der Waals surface area contributed by atoms with Gasteiger partial charge < -0.3 is 9.73 Å². The molecular weight excluding hydrogens is 336 g/mol. The van der Waals surface area contributed by atoms with Crippen molar-refractivity contribution < 1.29 is 9.21 Å². The maximum atomic E-state index is 12.5. The van der Waals surface area contributed by atoms with E-state index in [9.17, 15) is 4.79 Å². The zero-order valence-electron chi connectivity index (χ0n) is 15.4. The minimum absolute atomic E-state index is 0.00915. The number of aromatic nitrogens is 1.